The van der Waals surface area contributed by atoms with Crippen molar-refractivity contribution in [2.45, 2.75) is 31.4 Å². The molecule has 4 heteroatoms. The van der Waals surface area contributed by atoms with Crippen LogP contribution in [0.4, 0.5) is 0 Å². The van der Waals surface area contributed by atoms with Crippen LogP contribution >= 0.6 is 27.7 Å². The molecule has 1 heterocycles. The van der Waals surface area contributed by atoms with Gasteiger partial charge in [0.15, 0.2) is 0 Å². The van der Waals surface area contributed by atoms with Crippen molar-refractivity contribution in [1.29, 1.82) is 0 Å². The molecule has 0 aliphatic carbocycles. The van der Waals surface area contributed by atoms with E-state index in [1.54, 1.807) is 0 Å². The summed E-state index contributed by atoms with van der Waals surface area (Å²) >= 11 is 5.28. The molecular weight excluding hydrogens is 262 g/mol. The SMILES string of the molecule is CC1(C)CCN(C(=O)CCBr)CCS1. The summed E-state index contributed by atoms with van der Waals surface area (Å²) in [4.78, 5) is 13.7. The summed E-state index contributed by atoms with van der Waals surface area (Å²) in [6, 6.07) is 0. The number of nitrogens with zero attached hydrogens (tertiary/aromatic N) is 1. The largest absolute Gasteiger partial charge is 0.342 e. The number of carbonyl (C=O) groups excluding carboxylic acids is 1. The third-order valence-corrected chi connectivity index (χ3v) is 4.27. The van der Waals surface area contributed by atoms with Gasteiger partial charge in [0.25, 0.3) is 0 Å². The van der Waals surface area contributed by atoms with Crippen molar-refractivity contribution in [2.24, 2.45) is 0 Å². The molecule has 0 N–H and O–H groups in total. The predicted octanol–water partition coefficient (Wildman–Crippen LogP) is 2.52. The molecular formula is C10H18BrNOS. The molecule has 14 heavy (non-hydrogen) atoms. The fraction of sp³-hybridized carbons (Fsp3) is 0.900. The van der Waals surface area contributed by atoms with Gasteiger partial charge >= 0.3 is 0 Å². The lowest BCUT2D eigenvalue weighted by Gasteiger charge is -2.22. The zero-order valence-electron chi connectivity index (χ0n) is 8.88. The Kier molecular flexibility index (Phi) is 4.77. The molecule has 1 saturated heterocycles. The summed E-state index contributed by atoms with van der Waals surface area (Å²) in [5.41, 5.74) is 0. The number of alkyl halides is 1. The van der Waals surface area contributed by atoms with E-state index < -0.39 is 0 Å². The molecule has 0 bridgehead atoms. The third kappa shape index (κ3) is 3.81. The first kappa shape index (κ1) is 12.4. The van der Waals surface area contributed by atoms with Crippen LogP contribution in [-0.4, -0.2) is 39.7 Å². The van der Waals surface area contributed by atoms with Crippen molar-refractivity contribution >= 4 is 33.6 Å². The second kappa shape index (κ2) is 5.40. The van der Waals surface area contributed by atoms with Gasteiger partial charge in [-0.1, -0.05) is 29.8 Å². The average molecular weight is 280 g/mol. The van der Waals surface area contributed by atoms with Crippen LogP contribution in [0.15, 0.2) is 0 Å². The summed E-state index contributed by atoms with van der Waals surface area (Å²) in [5, 5.41) is 0.777. The Morgan fingerprint density at radius 3 is 2.86 bits per heavy atom. The lowest BCUT2D eigenvalue weighted by Crippen LogP contribution is -2.33. The number of thioether (sulfide) groups is 1. The summed E-state index contributed by atoms with van der Waals surface area (Å²) in [7, 11) is 0. The highest BCUT2D eigenvalue weighted by Gasteiger charge is 2.25. The molecule has 0 aromatic heterocycles. The minimum absolute atomic E-state index is 0.292. The molecule has 1 aliphatic heterocycles. The average Bonchev–Trinajstić information content (AvgIpc) is 2.27. The molecule has 0 spiro atoms. The maximum Gasteiger partial charge on any atom is 0.223 e. The zero-order valence-corrected chi connectivity index (χ0v) is 11.3. The molecule has 1 amide bonds. The van der Waals surface area contributed by atoms with Crippen LogP contribution in [0.2, 0.25) is 0 Å². The Morgan fingerprint density at radius 1 is 1.50 bits per heavy atom. The van der Waals surface area contributed by atoms with E-state index in [-0.39, 0.29) is 0 Å². The van der Waals surface area contributed by atoms with E-state index in [1.165, 1.54) is 0 Å². The molecule has 0 radical (unpaired) electrons. The van der Waals surface area contributed by atoms with Gasteiger partial charge in [-0.05, 0) is 6.42 Å². The Bertz CT molecular complexity index is 208. The second-order valence-electron chi connectivity index (χ2n) is 4.18. The van der Waals surface area contributed by atoms with Gasteiger partial charge in [-0.2, -0.15) is 11.8 Å². The fourth-order valence-electron chi connectivity index (χ4n) is 1.51. The first-order chi connectivity index (χ1) is 6.55. The van der Waals surface area contributed by atoms with E-state index in [9.17, 15) is 4.79 Å². The summed E-state index contributed by atoms with van der Waals surface area (Å²) < 4.78 is 0.337. The van der Waals surface area contributed by atoms with E-state index in [1.807, 2.05) is 16.7 Å². The van der Waals surface area contributed by atoms with Crippen molar-refractivity contribution in [2.75, 3.05) is 24.2 Å². The predicted molar refractivity (Wildman–Crippen MR) is 66.1 cm³/mol. The summed E-state index contributed by atoms with van der Waals surface area (Å²) in [6.45, 7) is 6.36. The molecule has 0 aromatic rings. The minimum Gasteiger partial charge on any atom is -0.342 e. The van der Waals surface area contributed by atoms with Gasteiger partial charge in [-0.3, -0.25) is 4.79 Å². The molecule has 82 valence electrons. The Labute approximate surface area is 98.9 Å². The van der Waals surface area contributed by atoms with Gasteiger partial charge in [0, 0.05) is 35.3 Å². The van der Waals surface area contributed by atoms with E-state index in [2.05, 4.69) is 29.8 Å². The maximum atomic E-state index is 11.6. The Hall–Kier alpha value is 0.300. The van der Waals surface area contributed by atoms with Crippen LogP contribution in [0, 0.1) is 0 Å². The first-order valence-electron chi connectivity index (χ1n) is 5.03. The van der Waals surface area contributed by atoms with Crippen molar-refractivity contribution in [3.8, 4) is 0 Å². The number of amides is 1. The van der Waals surface area contributed by atoms with Crippen molar-refractivity contribution in [3.63, 3.8) is 0 Å². The van der Waals surface area contributed by atoms with E-state index in [0.717, 1.165) is 30.6 Å². The molecule has 1 aliphatic rings. The molecule has 1 fully saturated rings. The lowest BCUT2D eigenvalue weighted by atomic mass is 10.1. The number of hydrogen-bond donors (Lipinski definition) is 0. The first-order valence-corrected chi connectivity index (χ1v) is 7.13. The standard InChI is InChI=1S/C10H18BrNOS/c1-10(2)4-6-12(7-8-14-10)9(13)3-5-11/h3-8H2,1-2H3. The monoisotopic (exact) mass is 279 g/mol. The molecule has 0 aromatic carbocycles. The highest BCUT2D eigenvalue weighted by molar-refractivity contribution is 9.09. The topological polar surface area (TPSA) is 20.3 Å². The summed E-state index contributed by atoms with van der Waals surface area (Å²) in [6.07, 6.45) is 1.73. The van der Waals surface area contributed by atoms with Crippen LogP contribution < -0.4 is 0 Å². The van der Waals surface area contributed by atoms with Gasteiger partial charge in [-0.25, -0.2) is 0 Å². The molecule has 2 nitrogen and oxygen atoms in total. The number of hydrogen-bond acceptors (Lipinski definition) is 2. The van der Waals surface area contributed by atoms with Crippen LogP contribution in [0.3, 0.4) is 0 Å². The molecule has 0 saturated carbocycles. The highest BCUT2D eigenvalue weighted by atomic mass is 79.9. The van der Waals surface area contributed by atoms with Gasteiger partial charge in [0.1, 0.15) is 0 Å². The van der Waals surface area contributed by atoms with Gasteiger partial charge in [0.2, 0.25) is 5.91 Å². The van der Waals surface area contributed by atoms with Crippen LogP contribution in [-0.2, 0) is 4.79 Å². The lowest BCUT2D eigenvalue weighted by molar-refractivity contribution is -0.130. The molecule has 1 rings (SSSR count). The van der Waals surface area contributed by atoms with Gasteiger partial charge in [-0.15, -0.1) is 0 Å². The third-order valence-electron chi connectivity index (χ3n) is 2.50. The van der Waals surface area contributed by atoms with Crippen LogP contribution in [0.25, 0.3) is 0 Å². The van der Waals surface area contributed by atoms with Crippen molar-refractivity contribution in [3.05, 3.63) is 0 Å². The molecule has 0 atom stereocenters. The van der Waals surface area contributed by atoms with Gasteiger partial charge < -0.3 is 4.90 Å². The van der Waals surface area contributed by atoms with E-state index >= 15 is 0 Å². The number of halogens is 1. The fourth-order valence-corrected chi connectivity index (χ4v) is 2.95. The highest BCUT2D eigenvalue weighted by Crippen LogP contribution is 2.30. The molecule has 0 unspecified atom stereocenters. The summed E-state index contributed by atoms with van der Waals surface area (Å²) in [5.74, 6) is 1.36. The number of rotatable bonds is 2. The second-order valence-corrected chi connectivity index (χ2v) is 6.77. The zero-order chi connectivity index (χ0) is 10.6. The van der Waals surface area contributed by atoms with Crippen molar-refractivity contribution < 1.29 is 4.79 Å². The van der Waals surface area contributed by atoms with E-state index in [4.69, 9.17) is 0 Å². The van der Waals surface area contributed by atoms with Crippen LogP contribution in [0.1, 0.15) is 26.7 Å². The maximum absolute atomic E-state index is 11.6. The smallest absolute Gasteiger partial charge is 0.223 e. The van der Waals surface area contributed by atoms with Crippen LogP contribution in [0.5, 0.6) is 0 Å². The van der Waals surface area contributed by atoms with E-state index in [0.29, 0.717) is 17.1 Å². The Balaban J connectivity index is 2.45. The minimum atomic E-state index is 0.292. The van der Waals surface area contributed by atoms with Crippen molar-refractivity contribution in [1.82, 2.24) is 4.90 Å². The Morgan fingerprint density at radius 2 is 2.21 bits per heavy atom. The number of carbonyl (C=O) groups is 1. The normalized spacial score (nSPS) is 21.8. The quantitative estimate of drug-likeness (QED) is 0.724. The van der Waals surface area contributed by atoms with Gasteiger partial charge in [0.05, 0.1) is 0 Å².